The van der Waals surface area contributed by atoms with Crippen molar-refractivity contribution in [2.24, 2.45) is 0 Å². The number of thioether (sulfide) groups is 1. The number of piperidine rings is 1. The molecule has 0 saturated carbocycles. The smallest absolute Gasteiger partial charge is 0.325 e. The fourth-order valence-corrected chi connectivity index (χ4v) is 5.71. The number of nitrogens with zero attached hydrogens (tertiary/aromatic N) is 2. The van der Waals surface area contributed by atoms with Gasteiger partial charge in [-0.1, -0.05) is 36.4 Å². The molecule has 200 valence electrons. The summed E-state index contributed by atoms with van der Waals surface area (Å²) in [5, 5.41) is 24.8. The first-order valence-electron chi connectivity index (χ1n) is 12.5. The highest BCUT2D eigenvalue weighted by Gasteiger charge is 2.58. The molecule has 0 amide bonds. The molecule has 1 spiro atoms. The molecule has 0 bridgehead atoms. The molecule has 0 aliphatic carbocycles. The fraction of sp³-hybridized carbons (Fsp3) is 0.393. The Labute approximate surface area is 224 Å². The zero-order valence-corrected chi connectivity index (χ0v) is 21.9. The Morgan fingerprint density at radius 1 is 1.08 bits per heavy atom. The Morgan fingerprint density at radius 2 is 1.79 bits per heavy atom. The summed E-state index contributed by atoms with van der Waals surface area (Å²) in [5.41, 5.74) is -1.000. The number of ether oxygens (including phenoxy) is 3. The molecule has 9 nitrogen and oxygen atoms in total. The number of aliphatic hydroxyl groups is 2. The molecule has 2 saturated heterocycles. The van der Waals surface area contributed by atoms with Crippen LogP contribution in [0.1, 0.15) is 37.7 Å². The second-order valence-electron chi connectivity index (χ2n) is 9.49. The monoisotopic (exact) mass is 538 g/mol. The van der Waals surface area contributed by atoms with E-state index in [2.05, 4.69) is 4.98 Å². The van der Waals surface area contributed by atoms with E-state index in [1.54, 1.807) is 24.2 Å². The number of rotatable bonds is 7. The summed E-state index contributed by atoms with van der Waals surface area (Å²) < 4.78 is 17.4. The Morgan fingerprint density at radius 3 is 2.55 bits per heavy atom. The first-order valence-corrected chi connectivity index (χ1v) is 13.8. The van der Waals surface area contributed by atoms with E-state index in [-0.39, 0.29) is 45.3 Å². The Kier molecular flexibility index (Phi) is 7.58. The topological polar surface area (TPSA) is 118 Å². The van der Waals surface area contributed by atoms with Gasteiger partial charge in [0.2, 0.25) is 0 Å². The molecule has 38 heavy (non-hydrogen) atoms. The van der Waals surface area contributed by atoms with E-state index in [4.69, 9.17) is 14.2 Å². The zero-order chi connectivity index (χ0) is 26.8. The van der Waals surface area contributed by atoms with Crippen LogP contribution < -0.4 is 4.74 Å². The van der Waals surface area contributed by atoms with Gasteiger partial charge in [0.25, 0.3) is 0 Å². The molecule has 10 heteroatoms. The SMILES string of the molecule is CSc1ccccc1OCC[C@@H](O)N1CCC(O)(c2cncc3ccccc23)CC12OC(=O)CCC(=O)O2. The molecule has 2 atom stereocenters. The molecular formula is C28H30N2O7S. The number of carbonyl (C=O) groups is 2. The average molecular weight is 539 g/mol. The van der Waals surface area contributed by atoms with E-state index >= 15 is 0 Å². The average Bonchev–Trinajstić information content (AvgIpc) is 3.05. The minimum absolute atomic E-state index is 0.0862. The molecular weight excluding hydrogens is 508 g/mol. The lowest BCUT2D eigenvalue weighted by molar-refractivity contribution is -0.342. The largest absolute Gasteiger partial charge is 0.492 e. The second kappa shape index (κ2) is 10.9. The first-order chi connectivity index (χ1) is 18.3. The van der Waals surface area contributed by atoms with Crippen LogP contribution in [-0.4, -0.2) is 63.6 Å². The van der Waals surface area contributed by atoms with Gasteiger partial charge in [-0.3, -0.25) is 14.6 Å². The van der Waals surface area contributed by atoms with Crippen LogP contribution >= 0.6 is 11.8 Å². The summed E-state index contributed by atoms with van der Waals surface area (Å²) in [5.74, 6) is -2.56. The summed E-state index contributed by atoms with van der Waals surface area (Å²) in [6, 6.07) is 15.1. The molecule has 2 aliphatic heterocycles. The molecule has 0 radical (unpaired) electrons. The van der Waals surface area contributed by atoms with Gasteiger partial charge in [-0.05, 0) is 30.2 Å². The maximum atomic E-state index is 12.6. The molecule has 5 rings (SSSR count). The third-order valence-corrected chi connectivity index (χ3v) is 7.81. The highest BCUT2D eigenvalue weighted by molar-refractivity contribution is 7.98. The minimum atomic E-state index is -1.98. The molecule has 2 aliphatic rings. The van der Waals surface area contributed by atoms with Crippen LogP contribution in [0.15, 0.2) is 65.8 Å². The molecule has 2 fully saturated rings. The number of likely N-dealkylation sites (tertiary alicyclic amines) is 1. The van der Waals surface area contributed by atoms with Gasteiger partial charge in [-0.2, -0.15) is 0 Å². The number of benzene rings is 2. The summed E-state index contributed by atoms with van der Waals surface area (Å²) in [4.78, 5) is 31.9. The summed E-state index contributed by atoms with van der Waals surface area (Å²) in [6.07, 6.45) is 3.83. The van der Waals surface area contributed by atoms with Crippen LogP contribution in [0.25, 0.3) is 10.8 Å². The summed E-state index contributed by atoms with van der Waals surface area (Å²) >= 11 is 1.56. The number of para-hydroxylation sites is 1. The van der Waals surface area contributed by atoms with Crippen LogP contribution in [0.3, 0.4) is 0 Å². The predicted octanol–water partition coefficient (Wildman–Crippen LogP) is 3.56. The van der Waals surface area contributed by atoms with Gasteiger partial charge in [0.1, 0.15) is 17.6 Å². The van der Waals surface area contributed by atoms with E-state index < -0.39 is 29.7 Å². The normalized spacial score (nSPS) is 22.5. The van der Waals surface area contributed by atoms with Gasteiger partial charge in [-0.15, -0.1) is 11.8 Å². The fourth-order valence-electron chi connectivity index (χ4n) is 5.17. The molecule has 1 aromatic heterocycles. The number of fused-ring (bicyclic) bond motifs is 1. The van der Waals surface area contributed by atoms with E-state index in [0.717, 1.165) is 15.7 Å². The second-order valence-corrected chi connectivity index (χ2v) is 10.3. The predicted molar refractivity (Wildman–Crippen MR) is 140 cm³/mol. The van der Waals surface area contributed by atoms with Crippen molar-refractivity contribution in [1.82, 2.24) is 9.88 Å². The van der Waals surface area contributed by atoms with Crippen molar-refractivity contribution in [3.05, 3.63) is 66.5 Å². The molecule has 2 aromatic carbocycles. The molecule has 1 unspecified atom stereocenters. The number of hydrogen-bond acceptors (Lipinski definition) is 10. The van der Waals surface area contributed by atoms with E-state index in [1.807, 2.05) is 54.8 Å². The highest BCUT2D eigenvalue weighted by atomic mass is 32.2. The van der Waals surface area contributed by atoms with Crippen LogP contribution in [0.5, 0.6) is 5.75 Å². The summed E-state index contributed by atoms with van der Waals surface area (Å²) in [6.45, 7) is 0.258. The first kappa shape index (κ1) is 26.4. The van der Waals surface area contributed by atoms with E-state index in [9.17, 15) is 19.8 Å². The Balaban J connectivity index is 1.43. The third kappa shape index (κ3) is 5.22. The van der Waals surface area contributed by atoms with Crippen LogP contribution in [-0.2, 0) is 24.7 Å². The van der Waals surface area contributed by atoms with Crippen molar-refractivity contribution < 1.29 is 34.0 Å². The van der Waals surface area contributed by atoms with Crippen LogP contribution in [0.4, 0.5) is 0 Å². The highest BCUT2D eigenvalue weighted by Crippen LogP contribution is 2.46. The van der Waals surface area contributed by atoms with Crippen LogP contribution in [0.2, 0.25) is 0 Å². The number of hydrogen-bond donors (Lipinski definition) is 2. The number of aliphatic hydroxyl groups excluding tert-OH is 1. The third-order valence-electron chi connectivity index (χ3n) is 7.03. The molecule has 3 heterocycles. The van der Waals surface area contributed by atoms with E-state index in [0.29, 0.717) is 11.3 Å². The number of aromatic nitrogens is 1. The Bertz CT molecular complexity index is 1310. The maximum Gasteiger partial charge on any atom is 0.325 e. The van der Waals surface area contributed by atoms with Gasteiger partial charge in [0.05, 0.1) is 25.9 Å². The molecule has 2 N–H and O–H groups in total. The van der Waals surface area contributed by atoms with Crippen molar-refractivity contribution >= 4 is 34.5 Å². The van der Waals surface area contributed by atoms with Crippen molar-refractivity contribution in [3.8, 4) is 5.75 Å². The summed E-state index contributed by atoms with van der Waals surface area (Å²) in [7, 11) is 0. The van der Waals surface area contributed by atoms with Gasteiger partial charge >= 0.3 is 17.8 Å². The van der Waals surface area contributed by atoms with Gasteiger partial charge < -0.3 is 24.4 Å². The lowest BCUT2D eigenvalue weighted by Crippen LogP contribution is -2.65. The van der Waals surface area contributed by atoms with Crippen LogP contribution in [0, 0.1) is 0 Å². The quantitative estimate of drug-likeness (QED) is 0.341. The zero-order valence-electron chi connectivity index (χ0n) is 21.0. The van der Waals surface area contributed by atoms with Crippen molar-refractivity contribution in [2.45, 2.75) is 54.7 Å². The minimum Gasteiger partial charge on any atom is -0.492 e. The standard InChI is InChI=1S/C28H30N2O7S/c1-38-23-9-5-4-8-22(23)35-15-12-24(31)30-14-13-27(34,18-28(30)36-25(32)10-11-26(33)37-28)21-17-29-16-19-6-2-3-7-20(19)21/h2-9,16-17,24,31,34H,10-15,18H2,1H3/t24-,27?/m1/s1. The Hall–Kier alpha value is -3.18. The van der Waals surface area contributed by atoms with E-state index in [1.165, 1.54) is 4.90 Å². The van der Waals surface area contributed by atoms with Gasteiger partial charge in [0, 0.05) is 41.2 Å². The molecule has 3 aromatic rings. The lowest BCUT2D eigenvalue weighted by atomic mass is 9.81. The van der Waals surface area contributed by atoms with Gasteiger partial charge in [-0.25, -0.2) is 4.90 Å². The lowest BCUT2D eigenvalue weighted by Gasteiger charge is -2.50. The number of carbonyl (C=O) groups excluding carboxylic acids is 2. The van der Waals surface area contributed by atoms with Crippen molar-refractivity contribution in [3.63, 3.8) is 0 Å². The van der Waals surface area contributed by atoms with Crippen molar-refractivity contribution in [2.75, 3.05) is 19.4 Å². The number of esters is 2. The van der Waals surface area contributed by atoms with Crippen molar-refractivity contribution in [1.29, 1.82) is 0 Å². The van der Waals surface area contributed by atoms with Gasteiger partial charge in [0.15, 0.2) is 0 Å². The number of pyridine rings is 1. The maximum absolute atomic E-state index is 12.6.